The van der Waals surface area contributed by atoms with Crippen molar-refractivity contribution >= 4 is 5.91 Å². The van der Waals surface area contributed by atoms with E-state index in [0.717, 1.165) is 5.82 Å². The second-order valence-electron chi connectivity index (χ2n) is 3.48. The number of carbonyl (C=O) groups is 1. The van der Waals surface area contributed by atoms with E-state index in [1.165, 1.54) is 18.2 Å². The number of aromatic nitrogens is 3. The number of nitrogens with zero attached hydrogens (tertiary/aromatic N) is 3. The Morgan fingerprint density at radius 2 is 2.35 bits per heavy atom. The molecule has 0 atom stereocenters. The molecule has 0 aliphatic heterocycles. The molecule has 2 rings (SSSR count). The van der Waals surface area contributed by atoms with E-state index in [1.54, 1.807) is 17.0 Å². The smallest absolute Gasteiger partial charge is 0.270 e. The number of carbonyl (C=O) groups excluding carboxylic acids is 1. The third kappa shape index (κ3) is 2.66. The molecule has 1 amide bonds. The topological polar surface area (TPSA) is 59.8 Å². The normalized spacial score (nSPS) is 10.2. The fourth-order valence-electron chi connectivity index (χ4n) is 1.35. The Morgan fingerprint density at radius 3 is 3.00 bits per heavy atom. The number of rotatable bonds is 3. The van der Waals surface area contributed by atoms with E-state index in [2.05, 4.69) is 15.3 Å². The summed E-state index contributed by atoms with van der Waals surface area (Å²) in [4.78, 5) is 19.2. The van der Waals surface area contributed by atoms with Crippen molar-refractivity contribution in [3.63, 3.8) is 0 Å². The van der Waals surface area contributed by atoms with Gasteiger partial charge in [0.2, 0.25) is 5.95 Å². The Balaban J connectivity index is 2.01. The van der Waals surface area contributed by atoms with Gasteiger partial charge in [0.1, 0.15) is 11.5 Å². The first-order valence-corrected chi connectivity index (χ1v) is 5.04. The summed E-state index contributed by atoms with van der Waals surface area (Å²) >= 11 is 0. The van der Waals surface area contributed by atoms with Gasteiger partial charge in [0.15, 0.2) is 0 Å². The second-order valence-corrected chi connectivity index (χ2v) is 3.48. The largest absolute Gasteiger partial charge is 0.343 e. The molecule has 0 aliphatic carbocycles. The Bertz CT molecular complexity index is 538. The molecule has 5 nitrogen and oxygen atoms in total. The third-order valence-corrected chi connectivity index (χ3v) is 2.28. The van der Waals surface area contributed by atoms with E-state index in [1.807, 2.05) is 7.05 Å². The summed E-state index contributed by atoms with van der Waals surface area (Å²) in [5.41, 5.74) is 0.0548. The maximum Gasteiger partial charge on any atom is 0.270 e. The number of imidazole rings is 1. The first-order valence-electron chi connectivity index (χ1n) is 5.04. The first-order chi connectivity index (χ1) is 8.16. The molecule has 0 aromatic carbocycles. The Labute approximate surface area is 97.3 Å². The zero-order valence-corrected chi connectivity index (χ0v) is 9.22. The van der Waals surface area contributed by atoms with Crippen LogP contribution >= 0.6 is 0 Å². The highest BCUT2D eigenvalue weighted by Gasteiger charge is 2.08. The van der Waals surface area contributed by atoms with Crippen molar-refractivity contribution in [1.82, 2.24) is 19.9 Å². The van der Waals surface area contributed by atoms with Crippen LogP contribution in [0, 0.1) is 5.95 Å². The number of hydrogen-bond donors (Lipinski definition) is 1. The van der Waals surface area contributed by atoms with Crippen molar-refractivity contribution in [2.24, 2.45) is 7.05 Å². The predicted octanol–water partition coefficient (Wildman–Crippen LogP) is 0.884. The summed E-state index contributed by atoms with van der Waals surface area (Å²) < 4.78 is 14.6. The van der Waals surface area contributed by atoms with Gasteiger partial charge < -0.3 is 9.88 Å². The molecule has 1 N–H and O–H groups in total. The van der Waals surface area contributed by atoms with Crippen LogP contribution in [-0.4, -0.2) is 20.4 Å². The molecule has 0 unspecified atom stereocenters. The Hall–Kier alpha value is -2.24. The summed E-state index contributed by atoms with van der Waals surface area (Å²) in [5, 5.41) is 2.62. The molecule has 0 saturated heterocycles. The van der Waals surface area contributed by atoms with E-state index in [0.29, 0.717) is 0 Å². The molecule has 2 aromatic rings. The van der Waals surface area contributed by atoms with Crippen LogP contribution in [0.2, 0.25) is 0 Å². The lowest BCUT2D eigenvalue weighted by molar-refractivity contribution is 0.0943. The number of nitrogens with one attached hydrogen (secondary N) is 1. The first kappa shape index (κ1) is 11.3. The summed E-state index contributed by atoms with van der Waals surface area (Å²) in [6, 6.07) is 4.09. The van der Waals surface area contributed by atoms with Gasteiger partial charge in [-0.1, -0.05) is 6.07 Å². The highest BCUT2D eigenvalue weighted by atomic mass is 19.1. The summed E-state index contributed by atoms with van der Waals surface area (Å²) in [6.45, 7) is 0.278. The summed E-state index contributed by atoms with van der Waals surface area (Å²) in [7, 11) is 1.83. The van der Waals surface area contributed by atoms with Gasteiger partial charge in [-0.2, -0.15) is 4.39 Å². The van der Waals surface area contributed by atoms with Gasteiger partial charge in [-0.05, 0) is 12.1 Å². The number of hydrogen-bond acceptors (Lipinski definition) is 3. The van der Waals surface area contributed by atoms with Gasteiger partial charge in [0, 0.05) is 19.4 Å². The summed E-state index contributed by atoms with van der Waals surface area (Å²) in [6.07, 6.45) is 3.42. The number of halogens is 1. The molecule has 2 aromatic heterocycles. The molecular formula is C11H11FN4O. The van der Waals surface area contributed by atoms with Gasteiger partial charge in [0.25, 0.3) is 5.91 Å². The monoisotopic (exact) mass is 234 g/mol. The molecule has 6 heteroatoms. The Morgan fingerprint density at radius 1 is 1.53 bits per heavy atom. The minimum Gasteiger partial charge on any atom is -0.343 e. The quantitative estimate of drug-likeness (QED) is 0.802. The van der Waals surface area contributed by atoms with Crippen LogP contribution in [0.15, 0.2) is 30.6 Å². The standard InChI is InChI=1S/C11H11FN4O/c1-16-6-5-13-10(16)7-14-11(17)8-3-2-4-9(12)15-8/h2-6H,7H2,1H3,(H,14,17). The zero-order chi connectivity index (χ0) is 12.3. The lowest BCUT2D eigenvalue weighted by atomic mass is 10.3. The number of pyridine rings is 1. The molecule has 2 heterocycles. The molecule has 0 saturated carbocycles. The zero-order valence-electron chi connectivity index (χ0n) is 9.22. The fourth-order valence-corrected chi connectivity index (χ4v) is 1.35. The SMILES string of the molecule is Cn1ccnc1CNC(=O)c1cccc(F)n1. The van der Waals surface area contributed by atoms with Gasteiger partial charge in [0.05, 0.1) is 6.54 Å². The highest BCUT2D eigenvalue weighted by Crippen LogP contribution is 1.99. The molecule has 0 fully saturated rings. The minimum atomic E-state index is -0.672. The van der Waals surface area contributed by atoms with Crippen LogP contribution in [0.25, 0.3) is 0 Å². The third-order valence-electron chi connectivity index (χ3n) is 2.28. The summed E-state index contributed by atoms with van der Waals surface area (Å²) in [5.74, 6) is -0.378. The average Bonchev–Trinajstić information content (AvgIpc) is 2.72. The van der Waals surface area contributed by atoms with E-state index in [4.69, 9.17) is 0 Å². The molecular weight excluding hydrogens is 223 g/mol. The lowest BCUT2D eigenvalue weighted by Crippen LogP contribution is -2.25. The van der Waals surface area contributed by atoms with Crippen LogP contribution in [0.5, 0.6) is 0 Å². The van der Waals surface area contributed by atoms with Gasteiger partial charge in [-0.3, -0.25) is 4.79 Å². The van der Waals surface area contributed by atoms with Crippen molar-refractivity contribution in [1.29, 1.82) is 0 Å². The van der Waals surface area contributed by atoms with Gasteiger partial charge in [-0.15, -0.1) is 0 Å². The van der Waals surface area contributed by atoms with Crippen molar-refractivity contribution in [3.8, 4) is 0 Å². The van der Waals surface area contributed by atoms with Crippen LogP contribution in [0.4, 0.5) is 4.39 Å². The minimum absolute atomic E-state index is 0.0548. The molecule has 0 aliphatic rings. The van der Waals surface area contributed by atoms with Crippen LogP contribution in [0.3, 0.4) is 0 Å². The number of amides is 1. The maximum absolute atomic E-state index is 12.8. The van der Waals surface area contributed by atoms with Crippen LogP contribution in [0.1, 0.15) is 16.3 Å². The van der Waals surface area contributed by atoms with Crippen LogP contribution < -0.4 is 5.32 Å². The lowest BCUT2D eigenvalue weighted by Gasteiger charge is -2.04. The second kappa shape index (κ2) is 4.73. The highest BCUT2D eigenvalue weighted by molar-refractivity contribution is 5.92. The maximum atomic E-state index is 12.8. The van der Waals surface area contributed by atoms with E-state index in [9.17, 15) is 9.18 Å². The number of aryl methyl sites for hydroxylation is 1. The van der Waals surface area contributed by atoms with Crippen molar-refractivity contribution < 1.29 is 9.18 Å². The Kier molecular flexibility index (Phi) is 3.13. The molecule has 0 radical (unpaired) electrons. The van der Waals surface area contributed by atoms with Crippen molar-refractivity contribution in [3.05, 3.63) is 48.1 Å². The molecule has 17 heavy (non-hydrogen) atoms. The van der Waals surface area contributed by atoms with Gasteiger partial charge in [-0.25, -0.2) is 9.97 Å². The molecule has 0 spiro atoms. The van der Waals surface area contributed by atoms with E-state index >= 15 is 0 Å². The average molecular weight is 234 g/mol. The van der Waals surface area contributed by atoms with Crippen molar-refractivity contribution in [2.45, 2.75) is 6.54 Å². The van der Waals surface area contributed by atoms with Crippen molar-refractivity contribution in [2.75, 3.05) is 0 Å². The van der Waals surface area contributed by atoms with E-state index in [-0.39, 0.29) is 12.2 Å². The molecule has 0 bridgehead atoms. The van der Waals surface area contributed by atoms with Crippen LogP contribution in [-0.2, 0) is 13.6 Å². The predicted molar refractivity (Wildman–Crippen MR) is 58.6 cm³/mol. The fraction of sp³-hybridized carbons (Fsp3) is 0.182. The molecule has 88 valence electrons. The van der Waals surface area contributed by atoms with Gasteiger partial charge >= 0.3 is 0 Å². The van der Waals surface area contributed by atoms with E-state index < -0.39 is 11.9 Å².